The number of methoxy groups -OCH3 is 1. The first-order chi connectivity index (χ1) is 28.4. The highest BCUT2D eigenvalue weighted by Crippen LogP contribution is 2.30. The molecule has 7 rings (SSSR count). The van der Waals surface area contributed by atoms with Crippen LogP contribution in [0.15, 0.2) is 116 Å². The van der Waals surface area contributed by atoms with Crippen LogP contribution in [0.1, 0.15) is 16.8 Å². The lowest BCUT2D eigenvalue weighted by Gasteiger charge is -2.20. The number of fused-ring (bicyclic) bond motifs is 1. The number of amides is 1. The first-order valence-electron chi connectivity index (χ1n) is 17.4. The minimum absolute atomic E-state index is 0.0284. The van der Waals surface area contributed by atoms with E-state index in [1.807, 2.05) is 24.3 Å². The molecule has 19 heteroatoms. The lowest BCUT2D eigenvalue weighted by molar-refractivity contribution is -0.141. The molecule has 0 aliphatic heterocycles. The molecule has 0 spiro atoms. The van der Waals surface area contributed by atoms with Crippen LogP contribution in [0.5, 0.6) is 17.5 Å². The van der Waals surface area contributed by atoms with Crippen molar-refractivity contribution in [1.82, 2.24) is 29.7 Å². The van der Waals surface area contributed by atoms with Crippen LogP contribution in [0.3, 0.4) is 0 Å². The maximum atomic E-state index is 14.1. The highest BCUT2D eigenvalue weighted by Gasteiger charge is 2.33. The van der Waals surface area contributed by atoms with E-state index in [1.165, 1.54) is 14.2 Å². The maximum absolute atomic E-state index is 14.1. The van der Waals surface area contributed by atoms with Gasteiger partial charge in [-0.1, -0.05) is 41.9 Å². The molecular formula is C40H32ClF5N8O5. The Morgan fingerprint density at radius 3 is 2.31 bits per heavy atom. The molecule has 1 N–H and O–H groups in total. The van der Waals surface area contributed by atoms with Gasteiger partial charge in [-0.25, -0.2) is 38.2 Å². The average molecular weight is 835 g/mol. The zero-order valence-corrected chi connectivity index (χ0v) is 31.8. The lowest BCUT2D eigenvalue weighted by atomic mass is 10.1. The second kappa shape index (κ2) is 19.0. The number of hydrogen-bond acceptors (Lipinski definition) is 11. The zero-order chi connectivity index (χ0) is 41.9. The molecule has 0 atom stereocenters. The number of ether oxygens (including phenoxy) is 3. The van der Waals surface area contributed by atoms with Crippen molar-refractivity contribution in [3.63, 3.8) is 0 Å². The molecule has 59 heavy (non-hydrogen) atoms. The highest BCUT2D eigenvalue weighted by atomic mass is 35.5. The van der Waals surface area contributed by atoms with E-state index in [1.54, 1.807) is 65.5 Å². The maximum Gasteiger partial charge on any atom is 0.438 e. The van der Waals surface area contributed by atoms with Crippen molar-refractivity contribution in [2.45, 2.75) is 19.2 Å². The normalized spacial score (nSPS) is 11.1. The van der Waals surface area contributed by atoms with Gasteiger partial charge in [-0.05, 0) is 66.6 Å². The summed E-state index contributed by atoms with van der Waals surface area (Å²) in [5.41, 5.74) is 1.80. The number of carbonyl (C=O) groups excluding carboxylic acids is 1. The smallest absolute Gasteiger partial charge is 0.438 e. The van der Waals surface area contributed by atoms with E-state index in [2.05, 4.69) is 30.4 Å². The molecule has 304 valence electrons. The Balaban J connectivity index is 0.000000201. The van der Waals surface area contributed by atoms with Crippen LogP contribution in [-0.4, -0.2) is 56.6 Å². The Hall–Kier alpha value is -6.92. The SMILES string of the molecule is COC(=O)N(OC)c1ccccc1COc1ccn(-c2ccc(Cl)cc2)n1.Fc1ccc(F)c2c(NCCc3ccc(Oc4cc(C(F)(F)F)ncn4)cc3)ncnc12. The van der Waals surface area contributed by atoms with Crippen molar-refractivity contribution in [2.75, 3.05) is 31.1 Å². The van der Waals surface area contributed by atoms with Gasteiger partial charge in [-0.2, -0.15) is 18.2 Å². The Morgan fingerprint density at radius 1 is 0.847 bits per heavy atom. The molecular weight excluding hydrogens is 803 g/mol. The number of carbonyl (C=O) groups is 1. The molecule has 0 saturated heterocycles. The molecule has 0 saturated carbocycles. The molecule has 3 aromatic heterocycles. The van der Waals surface area contributed by atoms with Crippen LogP contribution >= 0.6 is 11.6 Å². The number of nitrogens with one attached hydrogen (secondary N) is 1. The summed E-state index contributed by atoms with van der Waals surface area (Å²) in [5, 5.41) is 9.04. The number of alkyl halides is 3. The van der Waals surface area contributed by atoms with Crippen molar-refractivity contribution in [3.05, 3.63) is 149 Å². The van der Waals surface area contributed by atoms with Gasteiger partial charge in [0, 0.05) is 35.5 Å². The van der Waals surface area contributed by atoms with E-state index in [0.29, 0.717) is 41.4 Å². The minimum atomic E-state index is -4.60. The second-order valence-electron chi connectivity index (χ2n) is 12.1. The Labute approximate surface area is 337 Å². The predicted octanol–water partition coefficient (Wildman–Crippen LogP) is 9.40. The molecule has 0 aliphatic rings. The molecule has 0 unspecified atom stereocenters. The number of rotatable bonds is 12. The number of hydrogen-bond donors (Lipinski definition) is 1. The highest BCUT2D eigenvalue weighted by molar-refractivity contribution is 6.30. The molecule has 0 aliphatic carbocycles. The second-order valence-corrected chi connectivity index (χ2v) is 12.5. The third kappa shape index (κ3) is 10.7. The minimum Gasteiger partial charge on any atom is -0.472 e. The molecule has 4 aromatic carbocycles. The monoisotopic (exact) mass is 834 g/mol. The summed E-state index contributed by atoms with van der Waals surface area (Å²) >= 11 is 5.91. The van der Waals surface area contributed by atoms with Gasteiger partial charge in [0.2, 0.25) is 11.8 Å². The molecule has 0 bridgehead atoms. The number of hydroxylamine groups is 1. The van der Waals surface area contributed by atoms with E-state index < -0.39 is 29.6 Å². The fourth-order valence-corrected chi connectivity index (χ4v) is 5.54. The molecule has 3 heterocycles. The van der Waals surface area contributed by atoms with Crippen molar-refractivity contribution < 1.29 is 45.8 Å². The number of anilines is 2. The number of benzene rings is 4. The fourth-order valence-electron chi connectivity index (χ4n) is 5.41. The van der Waals surface area contributed by atoms with E-state index in [0.717, 1.165) is 46.7 Å². The summed E-state index contributed by atoms with van der Waals surface area (Å²) in [6, 6.07) is 25.6. The van der Waals surface area contributed by atoms with E-state index in [9.17, 15) is 26.7 Å². The largest absolute Gasteiger partial charge is 0.472 e. The van der Waals surface area contributed by atoms with Gasteiger partial charge in [-0.15, -0.1) is 5.10 Å². The number of para-hydroxylation sites is 1. The molecule has 0 fully saturated rings. The number of aromatic nitrogens is 6. The van der Waals surface area contributed by atoms with Gasteiger partial charge < -0.3 is 19.5 Å². The van der Waals surface area contributed by atoms with E-state index >= 15 is 0 Å². The zero-order valence-electron chi connectivity index (χ0n) is 31.0. The summed E-state index contributed by atoms with van der Waals surface area (Å²) in [4.78, 5) is 31.6. The van der Waals surface area contributed by atoms with Crippen LogP contribution in [-0.2, 0) is 28.8 Å². The lowest BCUT2D eigenvalue weighted by Crippen LogP contribution is -2.30. The first kappa shape index (κ1) is 41.7. The molecule has 13 nitrogen and oxygen atoms in total. The van der Waals surface area contributed by atoms with Crippen LogP contribution < -0.4 is 19.9 Å². The number of halogens is 6. The standard InChI is InChI=1S/C21H14F5N5O.C19H18ClN3O4/c22-14-5-6-15(23)19-18(14)20(31-11-30-19)27-8-7-12-1-3-13(4-2-12)32-17-9-16(21(24,25)26)28-10-29-17;1-25-19(24)23(26-2)17-6-4-3-5-14(17)13-27-18-11-12-22(21-18)16-9-7-15(20)8-10-16/h1-6,9-11H,7-8H2,(H,27,30,31);3-12H,13H2,1-2H3. The van der Waals surface area contributed by atoms with Crippen molar-refractivity contribution >= 4 is 40.1 Å². The van der Waals surface area contributed by atoms with Gasteiger partial charge >= 0.3 is 12.3 Å². The van der Waals surface area contributed by atoms with Gasteiger partial charge in [0.05, 0.1) is 31.0 Å². The van der Waals surface area contributed by atoms with Gasteiger partial charge in [0.15, 0.2) is 5.69 Å². The van der Waals surface area contributed by atoms with Crippen LogP contribution in [0, 0.1) is 11.6 Å². The summed E-state index contributed by atoms with van der Waals surface area (Å²) in [5.74, 6) is -0.588. The first-order valence-corrected chi connectivity index (χ1v) is 17.7. The van der Waals surface area contributed by atoms with Crippen LogP contribution in [0.2, 0.25) is 5.02 Å². The molecule has 7 aromatic rings. The van der Waals surface area contributed by atoms with Gasteiger partial charge in [0.1, 0.15) is 48.0 Å². The molecule has 0 radical (unpaired) electrons. The summed E-state index contributed by atoms with van der Waals surface area (Å²) < 4.78 is 83.7. The van der Waals surface area contributed by atoms with Gasteiger partial charge in [-0.3, -0.25) is 4.84 Å². The van der Waals surface area contributed by atoms with Gasteiger partial charge in [0.25, 0.3) is 0 Å². The summed E-state index contributed by atoms with van der Waals surface area (Å²) in [7, 11) is 2.68. The topological polar surface area (TPSA) is 139 Å². The fraction of sp³-hybridized carbons (Fsp3) is 0.150. The Morgan fingerprint density at radius 2 is 1.58 bits per heavy atom. The van der Waals surface area contributed by atoms with Crippen molar-refractivity contribution in [2.24, 2.45) is 0 Å². The van der Waals surface area contributed by atoms with E-state index in [-0.39, 0.29) is 29.2 Å². The summed E-state index contributed by atoms with van der Waals surface area (Å²) in [6.45, 7) is 0.563. The van der Waals surface area contributed by atoms with Crippen LogP contribution in [0.25, 0.3) is 16.6 Å². The predicted molar refractivity (Wildman–Crippen MR) is 206 cm³/mol. The third-order valence-electron chi connectivity index (χ3n) is 8.24. The number of nitrogens with zero attached hydrogens (tertiary/aromatic N) is 7. The molecule has 1 amide bonds. The third-order valence-corrected chi connectivity index (χ3v) is 8.49. The quantitative estimate of drug-likeness (QED) is 0.0931. The summed E-state index contributed by atoms with van der Waals surface area (Å²) in [6.07, 6.45) is -0.992. The Bertz CT molecular complexity index is 2510. The average Bonchev–Trinajstić information content (AvgIpc) is 3.72. The van der Waals surface area contributed by atoms with Crippen molar-refractivity contribution in [3.8, 4) is 23.2 Å². The van der Waals surface area contributed by atoms with Crippen LogP contribution in [0.4, 0.5) is 38.3 Å². The van der Waals surface area contributed by atoms with Crippen molar-refractivity contribution in [1.29, 1.82) is 0 Å². The van der Waals surface area contributed by atoms with E-state index in [4.69, 9.17) is 30.6 Å². The Kier molecular flexibility index (Phi) is 13.4.